The number of hydrogen-bond acceptors (Lipinski definition) is 9. The number of aromatic amines is 1. The normalized spacial score (nSPS) is 18.4. The molecule has 0 atom stereocenters. The van der Waals surface area contributed by atoms with Crippen molar-refractivity contribution in [1.82, 2.24) is 25.4 Å². The highest BCUT2D eigenvalue weighted by atomic mass is 19.1. The molecule has 0 spiro atoms. The zero-order chi connectivity index (χ0) is 44.2. The van der Waals surface area contributed by atoms with Crippen LogP contribution in [0.3, 0.4) is 0 Å². The number of piperidine rings is 1. The van der Waals surface area contributed by atoms with Crippen LogP contribution in [0.15, 0.2) is 65.5 Å². The summed E-state index contributed by atoms with van der Waals surface area (Å²) in [5, 5.41) is 5.36. The zero-order valence-electron chi connectivity index (χ0n) is 37.1. The van der Waals surface area contributed by atoms with Crippen molar-refractivity contribution >= 4 is 34.9 Å². The molecule has 14 heteroatoms. The average Bonchev–Trinajstić information content (AvgIpc) is 3.28. The van der Waals surface area contributed by atoms with E-state index in [2.05, 4.69) is 72.5 Å². The number of amides is 4. The third kappa shape index (κ3) is 9.98. The van der Waals surface area contributed by atoms with Gasteiger partial charge in [0.05, 0.1) is 0 Å². The van der Waals surface area contributed by atoms with Crippen LogP contribution >= 0.6 is 0 Å². The molecule has 0 saturated carbocycles. The lowest BCUT2D eigenvalue weighted by Gasteiger charge is -2.43. The van der Waals surface area contributed by atoms with Crippen LogP contribution in [0.5, 0.6) is 0 Å². The summed E-state index contributed by atoms with van der Waals surface area (Å²) < 4.78 is 20.9. The molecule has 4 saturated heterocycles. The van der Waals surface area contributed by atoms with Crippen LogP contribution in [0.2, 0.25) is 0 Å². The Hall–Kier alpha value is -5.57. The summed E-state index contributed by atoms with van der Waals surface area (Å²) in [4.78, 5) is 64.6. The summed E-state index contributed by atoms with van der Waals surface area (Å²) in [7, 11) is 0. The van der Waals surface area contributed by atoms with Gasteiger partial charge in [0, 0.05) is 124 Å². The molecular formula is C49H61FN8O5. The number of benzene rings is 3. The standard InChI is InChI=1S/C49H61FN8O5/c1-5-57(40-15-24-63-25-16-40)45-28-37(27-42(34(45)4)47(60)51-30-43-32(2)26-33(3)52-48(43)61)35-6-9-38(10-7-35)55-20-22-56(23-21-55)39-12-17-54(18-13-39)31-36-8-11-41(29-44(36)50)58-19-14-46(59)53-49(58)62/h6-11,26-29,39-40H,5,12-25,30-31H2,1-4H3,(H,51,60)(H,52,61)(H,53,59,62). The van der Waals surface area contributed by atoms with Gasteiger partial charge in [-0.1, -0.05) is 18.2 Å². The van der Waals surface area contributed by atoms with Crippen molar-refractivity contribution < 1.29 is 23.5 Å². The number of rotatable bonds is 12. The van der Waals surface area contributed by atoms with Gasteiger partial charge in [0.15, 0.2) is 0 Å². The van der Waals surface area contributed by atoms with E-state index in [1.807, 2.05) is 32.9 Å². The van der Waals surface area contributed by atoms with E-state index in [1.54, 1.807) is 12.1 Å². The van der Waals surface area contributed by atoms with Crippen LogP contribution in [0.1, 0.15) is 77.3 Å². The Morgan fingerprint density at radius 1 is 0.841 bits per heavy atom. The Labute approximate surface area is 369 Å². The van der Waals surface area contributed by atoms with Gasteiger partial charge in [-0.05, 0) is 131 Å². The first kappa shape index (κ1) is 44.1. The monoisotopic (exact) mass is 860 g/mol. The van der Waals surface area contributed by atoms with Crippen molar-refractivity contribution in [2.45, 2.75) is 85.0 Å². The number of piperazine rings is 1. The van der Waals surface area contributed by atoms with Crippen molar-refractivity contribution in [3.05, 3.63) is 110 Å². The number of nitrogens with one attached hydrogen (secondary N) is 3. The zero-order valence-corrected chi connectivity index (χ0v) is 37.1. The van der Waals surface area contributed by atoms with E-state index in [4.69, 9.17) is 4.74 Å². The number of hydrogen-bond donors (Lipinski definition) is 3. The molecule has 4 aliphatic rings. The number of imide groups is 1. The van der Waals surface area contributed by atoms with Crippen molar-refractivity contribution in [2.24, 2.45) is 0 Å². The molecule has 8 rings (SSSR count). The summed E-state index contributed by atoms with van der Waals surface area (Å²) in [6.07, 6.45) is 4.12. The molecule has 4 aromatic rings. The van der Waals surface area contributed by atoms with Gasteiger partial charge in [0.25, 0.3) is 11.5 Å². The van der Waals surface area contributed by atoms with Gasteiger partial charge in [-0.3, -0.25) is 34.4 Å². The van der Waals surface area contributed by atoms with Crippen LogP contribution in [0.4, 0.5) is 26.2 Å². The summed E-state index contributed by atoms with van der Waals surface area (Å²) in [5.74, 6) is -0.852. The predicted octanol–water partition coefficient (Wildman–Crippen LogP) is 6.27. The largest absolute Gasteiger partial charge is 0.381 e. The average molecular weight is 861 g/mol. The quantitative estimate of drug-likeness (QED) is 0.151. The van der Waals surface area contributed by atoms with Gasteiger partial charge in [-0.2, -0.15) is 0 Å². The lowest BCUT2D eigenvalue weighted by atomic mass is 9.95. The molecule has 13 nitrogen and oxygen atoms in total. The molecule has 0 bridgehead atoms. The van der Waals surface area contributed by atoms with Crippen molar-refractivity contribution in [3.63, 3.8) is 0 Å². The minimum atomic E-state index is -0.513. The molecular weight excluding hydrogens is 800 g/mol. The van der Waals surface area contributed by atoms with Gasteiger partial charge in [-0.15, -0.1) is 0 Å². The fourth-order valence-corrected chi connectivity index (χ4v) is 9.92. The highest BCUT2D eigenvalue weighted by Crippen LogP contribution is 2.35. The van der Waals surface area contributed by atoms with Crippen molar-refractivity contribution in [3.8, 4) is 11.1 Å². The van der Waals surface area contributed by atoms with Gasteiger partial charge in [-0.25, -0.2) is 9.18 Å². The number of aryl methyl sites for hydroxylation is 2. The van der Waals surface area contributed by atoms with E-state index in [9.17, 15) is 19.2 Å². The first-order chi connectivity index (χ1) is 30.4. The van der Waals surface area contributed by atoms with E-state index >= 15 is 4.39 Å². The summed E-state index contributed by atoms with van der Waals surface area (Å²) in [6, 6.07) is 20.1. The third-order valence-corrected chi connectivity index (χ3v) is 13.6. The maximum Gasteiger partial charge on any atom is 0.328 e. The molecule has 4 fully saturated rings. The molecule has 63 heavy (non-hydrogen) atoms. The molecule has 0 aliphatic carbocycles. The van der Waals surface area contributed by atoms with Crippen LogP contribution < -0.4 is 30.9 Å². The number of carbonyl (C=O) groups is 3. The van der Waals surface area contributed by atoms with E-state index in [0.717, 1.165) is 118 Å². The molecule has 3 aromatic carbocycles. The van der Waals surface area contributed by atoms with Gasteiger partial charge >= 0.3 is 6.03 Å². The fraction of sp³-hybridized carbons (Fsp3) is 0.469. The van der Waals surface area contributed by atoms with E-state index in [-0.39, 0.29) is 42.7 Å². The van der Waals surface area contributed by atoms with Crippen molar-refractivity contribution in [2.75, 3.05) is 80.3 Å². The molecule has 4 amide bonds. The summed E-state index contributed by atoms with van der Waals surface area (Å²) >= 11 is 0. The second-order valence-electron chi connectivity index (χ2n) is 17.5. The number of likely N-dealkylation sites (tertiary alicyclic amines) is 1. The Kier molecular flexibility index (Phi) is 13.6. The van der Waals surface area contributed by atoms with Gasteiger partial charge in [0.1, 0.15) is 5.82 Å². The van der Waals surface area contributed by atoms with Gasteiger partial charge in [0.2, 0.25) is 5.91 Å². The number of nitrogens with zero attached hydrogens (tertiary/aromatic N) is 5. The Morgan fingerprint density at radius 2 is 1.56 bits per heavy atom. The molecule has 5 heterocycles. The molecule has 1 aromatic heterocycles. The molecule has 334 valence electrons. The molecule has 4 aliphatic heterocycles. The van der Waals surface area contributed by atoms with E-state index in [1.165, 1.54) is 16.7 Å². The second-order valence-corrected chi connectivity index (χ2v) is 17.5. The van der Waals surface area contributed by atoms with E-state index in [0.29, 0.717) is 41.0 Å². The third-order valence-electron chi connectivity index (χ3n) is 13.6. The first-order valence-electron chi connectivity index (χ1n) is 22.6. The number of H-pyrrole nitrogens is 1. The first-order valence-corrected chi connectivity index (χ1v) is 22.6. The van der Waals surface area contributed by atoms with Gasteiger partial charge < -0.3 is 24.8 Å². The molecule has 0 radical (unpaired) electrons. The molecule has 3 N–H and O–H groups in total. The van der Waals surface area contributed by atoms with Crippen LogP contribution in [-0.2, 0) is 22.6 Å². The van der Waals surface area contributed by atoms with E-state index < -0.39 is 6.03 Å². The number of ether oxygens (including phenoxy) is 1. The Morgan fingerprint density at radius 3 is 2.22 bits per heavy atom. The number of pyridine rings is 1. The van der Waals surface area contributed by atoms with Crippen LogP contribution in [-0.4, -0.2) is 110 Å². The minimum absolute atomic E-state index is 0.143. The van der Waals surface area contributed by atoms with Crippen LogP contribution in [0, 0.1) is 26.6 Å². The lowest BCUT2D eigenvalue weighted by Crippen LogP contribution is -2.53. The number of carbonyl (C=O) groups excluding carboxylic acids is 3. The summed E-state index contributed by atoms with van der Waals surface area (Å²) in [5.41, 5.74) is 8.86. The number of anilines is 3. The predicted molar refractivity (Wildman–Crippen MR) is 245 cm³/mol. The van der Waals surface area contributed by atoms with Crippen LogP contribution in [0.25, 0.3) is 11.1 Å². The summed E-state index contributed by atoms with van der Waals surface area (Å²) in [6.45, 7) is 16.7. The topological polar surface area (TPSA) is 134 Å². The Balaban J connectivity index is 0.894. The second kappa shape index (κ2) is 19.4. The number of urea groups is 1. The number of aromatic nitrogens is 1. The Bertz CT molecular complexity index is 2360. The number of halogens is 1. The molecule has 0 unspecified atom stereocenters. The smallest absolute Gasteiger partial charge is 0.328 e. The maximum absolute atomic E-state index is 15.2. The van der Waals surface area contributed by atoms with Crippen molar-refractivity contribution in [1.29, 1.82) is 0 Å². The SMILES string of the molecule is CCN(c1cc(-c2ccc(N3CCN(C4CCN(Cc5ccc(N6CCC(=O)NC6=O)cc5F)CC4)CC3)cc2)cc(C(=O)NCc2c(C)cc(C)[nH]c2=O)c1C)C1CCOCC1. The lowest BCUT2D eigenvalue weighted by molar-refractivity contribution is -0.120. The highest BCUT2D eigenvalue weighted by molar-refractivity contribution is 6.05. The maximum atomic E-state index is 15.2. The minimum Gasteiger partial charge on any atom is -0.381 e. The fourth-order valence-electron chi connectivity index (χ4n) is 9.92. The highest BCUT2D eigenvalue weighted by Gasteiger charge is 2.30.